The maximum atomic E-state index is 13.3. The van der Waals surface area contributed by atoms with Crippen LogP contribution in [-0.2, 0) is 9.84 Å². The summed E-state index contributed by atoms with van der Waals surface area (Å²) in [7, 11) is -3.10. The van der Waals surface area contributed by atoms with Crippen molar-refractivity contribution in [3.63, 3.8) is 0 Å². The number of sulfone groups is 1. The molecular formula is C14H16ClFO3S. The molecule has 0 aliphatic rings. The predicted molar refractivity (Wildman–Crippen MR) is 78.4 cm³/mol. The Morgan fingerprint density at radius 3 is 2.70 bits per heavy atom. The second-order valence-corrected chi connectivity index (χ2v) is 6.68. The van der Waals surface area contributed by atoms with E-state index in [1.54, 1.807) is 13.0 Å². The minimum atomic E-state index is -3.10. The lowest BCUT2D eigenvalue weighted by atomic mass is 10.2. The van der Waals surface area contributed by atoms with Crippen molar-refractivity contribution < 1.29 is 17.5 Å². The molecule has 0 spiro atoms. The van der Waals surface area contributed by atoms with Crippen molar-refractivity contribution in [3.05, 3.63) is 29.6 Å². The van der Waals surface area contributed by atoms with E-state index in [1.165, 1.54) is 12.1 Å². The zero-order chi connectivity index (χ0) is 15.0. The maximum Gasteiger partial charge on any atom is 0.153 e. The Hall–Kier alpha value is -1.25. The zero-order valence-electron chi connectivity index (χ0n) is 11.2. The van der Waals surface area contributed by atoms with Crippen LogP contribution in [0.2, 0.25) is 0 Å². The van der Waals surface area contributed by atoms with Crippen molar-refractivity contribution in [2.75, 3.05) is 24.0 Å². The number of benzene rings is 1. The summed E-state index contributed by atoms with van der Waals surface area (Å²) in [6.07, 6.45) is 0.570. The largest absolute Gasteiger partial charge is 0.492 e. The number of alkyl halides is 1. The second-order valence-electron chi connectivity index (χ2n) is 4.11. The Morgan fingerprint density at radius 2 is 2.05 bits per heavy atom. The predicted octanol–water partition coefficient (Wildman–Crippen LogP) is 2.62. The van der Waals surface area contributed by atoms with Crippen LogP contribution in [-0.4, -0.2) is 32.4 Å². The Balaban J connectivity index is 2.67. The van der Waals surface area contributed by atoms with Crippen LogP contribution < -0.4 is 4.74 Å². The molecule has 1 rings (SSSR count). The minimum absolute atomic E-state index is 0.00579. The van der Waals surface area contributed by atoms with Gasteiger partial charge in [0.15, 0.2) is 9.84 Å². The Morgan fingerprint density at radius 1 is 1.30 bits per heavy atom. The molecule has 0 N–H and O–H groups in total. The van der Waals surface area contributed by atoms with Crippen molar-refractivity contribution in [2.45, 2.75) is 13.3 Å². The van der Waals surface area contributed by atoms with Crippen molar-refractivity contribution in [1.82, 2.24) is 0 Å². The van der Waals surface area contributed by atoms with E-state index in [0.717, 1.165) is 0 Å². The Kier molecular flexibility index (Phi) is 6.83. The van der Waals surface area contributed by atoms with Gasteiger partial charge in [0, 0.05) is 11.6 Å². The van der Waals surface area contributed by atoms with Gasteiger partial charge in [-0.3, -0.25) is 0 Å². The third-order valence-corrected chi connectivity index (χ3v) is 4.30. The highest BCUT2D eigenvalue weighted by Gasteiger charge is 2.09. The van der Waals surface area contributed by atoms with Gasteiger partial charge >= 0.3 is 0 Å². The summed E-state index contributed by atoms with van der Waals surface area (Å²) in [5, 5.41) is 0. The first-order valence-electron chi connectivity index (χ1n) is 6.15. The van der Waals surface area contributed by atoms with Crippen LogP contribution in [0.25, 0.3) is 0 Å². The van der Waals surface area contributed by atoms with E-state index in [4.69, 9.17) is 16.3 Å². The van der Waals surface area contributed by atoms with Gasteiger partial charge in [-0.05, 0) is 18.6 Å². The van der Waals surface area contributed by atoms with E-state index >= 15 is 0 Å². The molecule has 0 fully saturated rings. The van der Waals surface area contributed by atoms with Gasteiger partial charge in [0.1, 0.15) is 18.2 Å². The molecule has 0 heterocycles. The lowest BCUT2D eigenvalue weighted by molar-refractivity contribution is 0.339. The monoisotopic (exact) mass is 318 g/mol. The summed E-state index contributed by atoms with van der Waals surface area (Å²) in [5.41, 5.74) is 0.442. The normalized spacial score (nSPS) is 10.8. The highest BCUT2D eigenvalue weighted by atomic mass is 35.5. The molecule has 0 atom stereocenters. The highest BCUT2D eigenvalue weighted by Crippen LogP contribution is 2.16. The molecule has 0 aliphatic carbocycles. The molecule has 110 valence electrons. The molecule has 0 aliphatic heterocycles. The van der Waals surface area contributed by atoms with Crippen molar-refractivity contribution >= 4 is 21.4 Å². The van der Waals surface area contributed by atoms with E-state index < -0.39 is 15.7 Å². The standard InChI is InChI=1S/C14H16ClFO3S/c1-2-7-20(17,18)8-6-19-14-10-12(4-3-5-15)9-13(16)11-14/h9-11H,2,5-8H2,1H3. The summed E-state index contributed by atoms with van der Waals surface area (Å²) < 4.78 is 41.6. The molecule has 0 saturated carbocycles. The smallest absolute Gasteiger partial charge is 0.153 e. The zero-order valence-corrected chi connectivity index (χ0v) is 12.7. The van der Waals surface area contributed by atoms with Gasteiger partial charge in [0.25, 0.3) is 0 Å². The molecule has 0 amide bonds. The Labute approximate surface area is 124 Å². The SMILES string of the molecule is CCCS(=O)(=O)CCOc1cc(F)cc(C#CCCl)c1. The molecule has 3 nitrogen and oxygen atoms in total. The third-order valence-electron chi connectivity index (χ3n) is 2.35. The second kappa shape index (κ2) is 8.13. The summed E-state index contributed by atoms with van der Waals surface area (Å²) in [6.45, 7) is 1.79. The summed E-state index contributed by atoms with van der Waals surface area (Å²) in [5.74, 6) is 5.27. The van der Waals surface area contributed by atoms with Crippen LogP contribution in [0.15, 0.2) is 18.2 Å². The number of rotatable bonds is 6. The van der Waals surface area contributed by atoms with Gasteiger partial charge in [-0.15, -0.1) is 11.6 Å². The van der Waals surface area contributed by atoms with Gasteiger partial charge in [-0.2, -0.15) is 0 Å². The topological polar surface area (TPSA) is 43.4 Å². The molecule has 0 radical (unpaired) electrons. The molecule has 0 unspecified atom stereocenters. The van der Waals surface area contributed by atoms with E-state index in [-0.39, 0.29) is 29.7 Å². The van der Waals surface area contributed by atoms with Crippen LogP contribution >= 0.6 is 11.6 Å². The lowest BCUT2D eigenvalue weighted by Crippen LogP contribution is -2.16. The molecule has 0 aromatic heterocycles. The van der Waals surface area contributed by atoms with Crippen molar-refractivity contribution in [1.29, 1.82) is 0 Å². The number of halogens is 2. The van der Waals surface area contributed by atoms with Gasteiger partial charge in [0.2, 0.25) is 0 Å². The lowest BCUT2D eigenvalue weighted by Gasteiger charge is -2.07. The van der Waals surface area contributed by atoms with Crippen LogP contribution in [0.1, 0.15) is 18.9 Å². The maximum absolute atomic E-state index is 13.3. The minimum Gasteiger partial charge on any atom is -0.492 e. The first-order chi connectivity index (χ1) is 9.46. The number of ether oxygens (including phenoxy) is 1. The van der Waals surface area contributed by atoms with Gasteiger partial charge in [-0.25, -0.2) is 12.8 Å². The number of hydrogen-bond donors (Lipinski definition) is 0. The molecule has 1 aromatic carbocycles. The average Bonchev–Trinajstić information content (AvgIpc) is 2.35. The van der Waals surface area contributed by atoms with E-state index in [9.17, 15) is 12.8 Å². The van der Waals surface area contributed by atoms with Crippen LogP contribution in [0.5, 0.6) is 5.75 Å². The van der Waals surface area contributed by atoms with Gasteiger partial charge in [-0.1, -0.05) is 18.8 Å². The van der Waals surface area contributed by atoms with E-state index in [0.29, 0.717) is 12.0 Å². The van der Waals surface area contributed by atoms with Crippen LogP contribution in [0, 0.1) is 17.7 Å². The Bertz CT molecular complexity index is 603. The summed E-state index contributed by atoms with van der Waals surface area (Å²) in [4.78, 5) is 0. The fourth-order valence-electron chi connectivity index (χ4n) is 1.55. The fraction of sp³-hybridized carbons (Fsp3) is 0.429. The third kappa shape index (κ3) is 6.27. The summed E-state index contributed by atoms with van der Waals surface area (Å²) in [6, 6.07) is 4.01. The first-order valence-corrected chi connectivity index (χ1v) is 8.51. The highest BCUT2D eigenvalue weighted by molar-refractivity contribution is 7.91. The van der Waals surface area contributed by atoms with Gasteiger partial charge in [0.05, 0.1) is 17.4 Å². The molecule has 6 heteroatoms. The molecular weight excluding hydrogens is 303 g/mol. The molecule has 0 bridgehead atoms. The fourth-order valence-corrected chi connectivity index (χ4v) is 2.78. The van der Waals surface area contributed by atoms with Crippen LogP contribution in [0.3, 0.4) is 0 Å². The molecule has 20 heavy (non-hydrogen) atoms. The van der Waals surface area contributed by atoms with Crippen molar-refractivity contribution in [2.24, 2.45) is 0 Å². The number of hydrogen-bond acceptors (Lipinski definition) is 3. The molecule has 1 aromatic rings. The van der Waals surface area contributed by atoms with Crippen LogP contribution in [0.4, 0.5) is 4.39 Å². The average molecular weight is 319 g/mol. The quantitative estimate of drug-likeness (QED) is 0.598. The molecule has 0 saturated heterocycles. The first kappa shape index (κ1) is 16.8. The van der Waals surface area contributed by atoms with Crippen molar-refractivity contribution in [3.8, 4) is 17.6 Å². The van der Waals surface area contributed by atoms with Gasteiger partial charge < -0.3 is 4.74 Å². The van der Waals surface area contributed by atoms with E-state index in [1.807, 2.05) is 0 Å². The van der Waals surface area contributed by atoms with E-state index in [2.05, 4.69) is 11.8 Å². The summed E-state index contributed by atoms with van der Waals surface area (Å²) >= 11 is 5.43.